The average Bonchev–Trinajstić information content (AvgIpc) is 2.38. The molecule has 2 amide bonds. The van der Waals surface area contributed by atoms with E-state index in [1.807, 2.05) is 20.8 Å². The molecule has 0 bridgehead atoms. The van der Waals surface area contributed by atoms with Crippen molar-refractivity contribution in [2.45, 2.75) is 39.3 Å². The van der Waals surface area contributed by atoms with Gasteiger partial charge in [-0.15, -0.1) is 0 Å². The van der Waals surface area contributed by atoms with Gasteiger partial charge >= 0.3 is 12.0 Å². The SMILES string of the molecule is COCCN(C(=O)N(CCC(=O)O)C(C)C)C(C)COC. The number of carboxylic acids is 1. The molecule has 0 rings (SSSR count). The molecule has 0 aliphatic carbocycles. The van der Waals surface area contributed by atoms with Crippen LogP contribution in [-0.4, -0.2) is 79.5 Å². The van der Waals surface area contributed by atoms with Crippen molar-refractivity contribution in [3.63, 3.8) is 0 Å². The maximum Gasteiger partial charge on any atom is 0.320 e. The summed E-state index contributed by atoms with van der Waals surface area (Å²) < 4.78 is 10.1. The molecular formula is C14H28N2O5. The molecule has 0 aromatic heterocycles. The molecule has 1 unspecified atom stereocenters. The molecule has 0 aliphatic rings. The number of methoxy groups -OCH3 is 2. The second-order valence-electron chi connectivity index (χ2n) is 5.20. The molecule has 7 heteroatoms. The Balaban J connectivity index is 4.95. The number of carbonyl (C=O) groups is 2. The van der Waals surface area contributed by atoms with E-state index in [-0.39, 0.29) is 31.1 Å². The van der Waals surface area contributed by atoms with Crippen LogP contribution in [-0.2, 0) is 14.3 Å². The zero-order chi connectivity index (χ0) is 16.4. The fraction of sp³-hybridized carbons (Fsp3) is 0.857. The van der Waals surface area contributed by atoms with E-state index in [2.05, 4.69) is 0 Å². The van der Waals surface area contributed by atoms with Gasteiger partial charge in [-0.05, 0) is 20.8 Å². The van der Waals surface area contributed by atoms with Gasteiger partial charge in [-0.2, -0.15) is 0 Å². The van der Waals surface area contributed by atoms with E-state index >= 15 is 0 Å². The van der Waals surface area contributed by atoms with Crippen LogP contribution in [0.1, 0.15) is 27.2 Å². The van der Waals surface area contributed by atoms with E-state index in [4.69, 9.17) is 14.6 Å². The molecule has 124 valence electrons. The Hall–Kier alpha value is -1.34. The van der Waals surface area contributed by atoms with E-state index < -0.39 is 5.97 Å². The molecule has 0 aromatic rings. The standard InChI is InChI=1S/C14H28N2O5/c1-11(2)15(7-6-13(17)18)14(19)16(8-9-20-4)12(3)10-21-5/h11-12H,6-10H2,1-5H3,(H,17,18). The van der Waals surface area contributed by atoms with Gasteiger partial charge in [-0.25, -0.2) is 4.79 Å². The topological polar surface area (TPSA) is 79.3 Å². The largest absolute Gasteiger partial charge is 0.481 e. The lowest BCUT2D eigenvalue weighted by atomic mass is 10.2. The highest BCUT2D eigenvalue weighted by Crippen LogP contribution is 2.10. The summed E-state index contributed by atoms with van der Waals surface area (Å²) in [6, 6.07) is -0.367. The third-order valence-corrected chi connectivity index (χ3v) is 3.16. The molecule has 0 saturated carbocycles. The van der Waals surface area contributed by atoms with Gasteiger partial charge in [-0.1, -0.05) is 0 Å². The number of carboxylic acid groups (broad SMARTS) is 1. The van der Waals surface area contributed by atoms with Gasteiger partial charge in [0.1, 0.15) is 0 Å². The van der Waals surface area contributed by atoms with E-state index in [0.29, 0.717) is 19.8 Å². The number of urea groups is 1. The minimum atomic E-state index is -0.915. The Morgan fingerprint density at radius 2 is 1.67 bits per heavy atom. The maximum atomic E-state index is 12.7. The van der Waals surface area contributed by atoms with Crippen LogP contribution in [0.5, 0.6) is 0 Å². The van der Waals surface area contributed by atoms with Crippen LogP contribution in [0.2, 0.25) is 0 Å². The van der Waals surface area contributed by atoms with Crippen molar-refractivity contribution in [1.82, 2.24) is 9.80 Å². The van der Waals surface area contributed by atoms with E-state index in [0.717, 1.165) is 0 Å². The summed E-state index contributed by atoms with van der Waals surface area (Å²) in [6.07, 6.45) is -0.0688. The van der Waals surface area contributed by atoms with Crippen molar-refractivity contribution in [2.75, 3.05) is 40.5 Å². The summed E-state index contributed by atoms with van der Waals surface area (Å²) in [7, 11) is 3.16. The highest BCUT2D eigenvalue weighted by Gasteiger charge is 2.27. The first-order chi connectivity index (χ1) is 9.84. The van der Waals surface area contributed by atoms with Crippen LogP contribution in [0.25, 0.3) is 0 Å². The Morgan fingerprint density at radius 1 is 1.05 bits per heavy atom. The minimum Gasteiger partial charge on any atom is -0.481 e. The van der Waals surface area contributed by atoms with Crippen molar-refractivity contribution in [3.8, 4) is 0 Å². The van der Waals surface area contributed by atoms with Gasteiger partial charge in [0.05, 0.1) is 25.7 Å². The van der Waals surface area contributed by atoms with E-state index in [1.54, 1.807) is 24.0 Å². The summed E-state index contributed by atoms with van der Waals surface area (Å²) >= 11 is 0. The predicted octanol–water partition coefficient (Wildman–Crippen LogP) is 1.27. The van der Waals surface area contributed by atoms with Gasteiger partial charge in [0.25, 0.3) is 0 Å². The van der Waals surface area contributed by atoms with Crippen LogP contribution in [0.3, 0.4) is 0 Å². The summed E-state index contributed by atoms with van der Waals surface area (Å²) in [5.74, 6) is -0.915. The second-order valence-corrected chi connectivity index (χ2v) is 5.20. The van der Waals surface area contributed by atoms with Crippen LogP contribution in [0.4, 0.5) is 4.79 Å². The van der Waals surface area contributed by atoms with Gasteiger partial charge in [0.15, 0.2) is 0 Å². The lowest BCUT2D eigenvalue weighted by Gasteiger charge is -2.36. The molecule has 7 nitrogen and oxygen atoms in total. The third kappa shape index (κ3) is 7.29. The van der Waals surface area contributed by atoms with Crippen molar-refractivity contribution in [1.29, 1.82) is 0 Å². The highest BCUT2D eigenvalue weighted by atomic mass is 16.5. The highest BCUT2D eigenvalue weighted by molar-refractivity contribution is 5.76. The zero-order valence-electron chi connectivity index (χ0n) is 13.7. The second kappa shape index (κ2) is 10.4. The Labute approximate surface area is 126 Å². The summed E-state index contributed by atoms with van der Waals surface area (Å²) in [6.45, 7) is 7.10. The van der Waals surface area contributed by atoms with E-state index in [9.17, 15) is 9.59 Å². The molecule has 0 aromatic carbocycles. The smallest absolute Gasteiger partial charge is 0.320 e. The molecule has 0 spiro atoms. The minimum absolute atomic E-state index is 0.0688. The van der Waals surface area contributed by atoms with Crippen molar-refractivity contribution < 1.29 is 24.2 Å². The molecule has 1 atom stereocenters. The molecular weight excluding hydrogens is 276 g/mol. The number of amides is 2. The third-order valence-electron chi connectivity index (χ3n) is 3.16. The number of rotatable bonds is 10. The first kappa shape index (κ1) is 19.7. The number of ether oxygens (including phenoxy) is 2. The summed E-state index contributed by atoms with van der Waals surface area (Å²) in [4.78, 5) is 26.6. The van der Waals surface area contributed by atoms with Crippen molar-refractivity contribution in [3.05, 3.63) is 0 Å². The fourth-order valence-electron chi connectivity index (χ4n) is 1.98. The van der Waals surface area contributed by atoms with Gasteiger partial charge in [0, 0.05) is 33.4 Å². The summed E-state index contributed by atoms with van der Waals surface area (Å²) in [5, 5.41) is 8.81. The normalized spacial score (nSPS) is 12.3. The Morgan fingerprint density at radius 3 is 2.10 bits per heavy atom. The van der Waals surface area contributed by atoms with Crippen LogP contribution >= 0.6 is 0 Å². The predicted molar refractivity (Wildman–Crippen MR) is 79.4 cm³/mol. The van der Waals surface area contributed by atoms with Crippen molar-refractivity contribution in [2.24, 2.45) is 0 Å². The van der Waals surface area contributed by atoms with Gasteiger partial charge in [0.2, 0.25) is 0 Å². The number of carbonyl (C=O) groups excluding carboxylic acids is 1. The fourth-order valence-corrected chi connectivity index (χ4v) is 1.98. The number of hydrogen-bond donors (Lipinski definition) is 1. The first-order valence-electron chi connectivity index (χ1n) is 7.12. The summed E-state index contributed by atoms with van der Waals surface area (Å²) in [5.41, 5.74) is 0. The number of nitrogens with zero attached hydrogens (tertiary/aromatic N) is 2. The first-order valence-corrected chi connectivity index (χ1v) is 7.12. The molecule has 0 aliphatic heterocycles. The molecule has 21 heavy (non-hydrogen) atoms. The van der Waals surface area contributed by atoms with Gasteiger partial charge < -0.3 is 24.4 Å². The van der Waals surface area contributed by atoms with Crippen LogP contribution in [0.15, 0.2) is 0 Å². The quantitative estimate of drug-likeness (QED) is 0.657. The molecule has 0 fully saturated rings. The van der Waals surface area contributed by atoms with Crippen LogP contribution in [0, 0.1) is 0 Å². The molecule has 0 heterocycles. The Bertz CT molecular complexity index is 322. The lowest BCUT2D eigenvalue weighted by molar-refractivity contribution is -0.137. The number of hydrogen-bond acceptors (Lipinski definition) is 4. The monoisotopic (exact) mass is 304 g/mol. The lowest BCUT2D eigenvalue weighted by Crippen LogP contribution is -2.52. The van der Waals surface area contributed by atoms with Gasteiger partial charge in [-0.3, -0.25) is 4.79 Å². The molecule has 0 radical (unpaired) electrons. The zero-order valence-corrected chi connectivity index (χ0v) is 13.7. The van der Waals surface area contributed by atoms with E-state index in [1.165, 1.54) is 0 Å². The maximum absolute atomic E-state index is 12.7. The molecule has 0 saturated heterocycles. The number of aliphatic carboxylic acids is 1. The average molecular weight is 304 g/mol. The van der Waals surface area contributed by atoms with Crippen LogP contribution < -0.4 is 0 Å². The molecule has 1 N–H and O–H groups in total. The van der Waals surface area contributed by atoms with Crippen molar-refractivity contribution >= 4 is 12.0 Å². The Kier molecular flexibility index (Phi) is 9.73.